The predicted molar refractivity (Wildman–Crippen MR) is 82.1 cm³/mol. The molecule has 0 heterocycles. The Hall–Kier alpha value is -1.51. The summed E-state index contributed by atoms with van der Waals surface area (Å²) in [4.78, 5) is 10.6. The van der Waals surface area contributed by atoms with Gasteiger partial charge in [-0.2, -0.15) is 0 Å². The average molecular weight is 275 g/mol. The molecule has 0 spiro atoms. The van der Waals surface area contributed by atoms with Crippen molar-refractivity contribution in [1.82, 2.24) is 0 Å². The monoisotopic (exact) mass is 275 g/mol. The quantitative estimate of drug-likeness (QED) is 0.851. The largest absolute Gasteiger partial charge is 0.481 e. The number of hydrogen-bond acceptors (Lipinski definition) is 2. The van der Waals surface area contributed by atoms with Crippen LogP contribution in [0.2, 0.25) is 0 Å². The van der Waals surface area contributed by atoms with E-state index < -0.39 is 5.97 Å². The Bertz CT molecular complexity index is 406. The predicted octanol–water partition coefficient (Wildman–Crippen LogP) is 4.09. The lowest BCUT2D eigenvalue weighted by molar-refractivity contribution is -0.136. The van der Waals surface area contributed by atoms with Crippen LogP contribution in [0.5, 0.6) is 0 Å². The lowest BCUT2D eigenvalue weighted by Crippen LogP contribution is -2.15. The van der Waals surface area contributed by atoms with Gasteiger partial charge in [-0.15, -0.1) is 0 Å². The summed E-state index contributed by atoms with van der Waals surface area (Å²) in [6, 6.07) is 7.77. The summed E-state index contributed by atoms with van der Waals surface area (Å²) in [5, 5.41) is 12.2. The first-order chi connectivity index (χ1) is 9.74. The first-order valence-corrected chi connectivity index (χ1v) is 7.78. The highest BCUT2D eigenvalue weighted by Gasteiger charge is 2.11. The molecule has 0 aliphatic heterocycles. The van der Waals surface area contributed by atoms with Crippen LogP contribution >= 0.6 is 0 Å². The van der Waals surface area contributed by atoms with E-state index in [1.165, 1.54) is 44.9 Å². The van der Waals surface area contributed by atoms with Crippen molar-refractivity contribution in [3.63, 3.8) is 0 Å². The first kappa shape index (κ1) is 14.9. The Labute approximate surface area is 121 Å². The van der Waals surface area contributed by atoms with Crippen molar-refractivity contribution in [2.45, 2.75) is 51.4 Å². The van der Waals surface area contributed by atoms with E-state index in [1.807, 2.05) is 24.3 Å². The molecular weight excluding hydrogens is 250 g/mol. The molecule has 2 N–H and O–H groups in total. The van der Waals surface area contributed by atoms with Gasteiger partial charge in [0.1, 0.15) is 0 Å². The fourth-order valence-electron chi connectivity index (χ4n) is 2.92. The fraction of sp³-hybridized carbons (Fsp3) is 0.588. The lowest BCUT2D eigenvalue weighted by atomic mass is 9.91. The van der Waals surface area contributed by atoms with Crippen LogP contribution in [0.1, 0.15) is 50.5 Å². The average Bonchev–Trinajstić information content (AvgIpc) is 2.38. The van der Waals surface area contributed by atoms with Gasteiger partial charge in [0.15, 0.2) is 0 Å². The Balaban J connectivity index is 1.79. The molecule has 0 radical (unpaired) electrons. The van der Waals surface area contributed by atoms with E-state index in [0.717, 1.165) is 23.7 Å². The molecule has 110 valence electrons. The van der Waals surface area contributed by atoms with Gasteiger partial charge in [-0.25, -0.2) is 0 Å². The second kappa shape index (κ2) is 7.93. The molecular formula is C17H25NO2. The Morgan fingerprint density at radius 3 is 2.25 bits per heavy atom. The number of anilines is 1. The van der Waals surface area contributed by atoms with Gasteiger partial charge in [0.05, 0.1) is 6.42 Å². The Morgan fingerprint density at radius 1 is 1.05 bits per heavy atom. The first-order valence-electron chi connectivity index (χ1n) is 7.78. The molecule has 0 unspecified atom stereocenters. The number of carboxylic acids is 1. The number of carbonyl (C=O) groups is 1. The molecule has 1 saturated carbocycles. The van der Waals surface area contributed by atoms with Crippen LogP contribution in [-0.2, 0) is 11.2 Å². The highest BCUT2D eigenvalue weighted by molar-refractivity contribution is 5.70. The van der Waals surface area contributed by atoms with Crippen LogP contribution in [0.15, 0.2) is 24.3 Å². The molecule has 1 aliphatic carbocycles. The second-order valence-corrected chi connectivity index (χ2v) is 5.86. The minimum absolute atomic E-state index is 0.100. The molecule has 0 amide bonds. The van der Waals surface area contributed by atoms with E-state index >= 15 is 0 Å². The number of aliphatic carboxylic acids is 1. The number of carboxylic acid groups (broad SMARTS) is 1. The van der Waals surface area contributed by atoms with Crippen molar-refractivity contribution in [2.75, 3.05) is 11.9 Å². The smallest absolute Gasteiger partial charge is 0.307 e. The minimum atomic E-state index is -0.778. The van der Waals surface area contributed by atoms with Crippen LogP contribution in [0.3, 0.4) is 0 Å². The zero-order valence-corrected chi connectivity index (χ0v) is 12.1. The highest BCUT2D eigenvalue weighted by Crippen LogP contribution is 2.22. The molecule has 0 aromatic heterocycles. The van der Waals surface area contributed by atoms with Gasteiger partial charge >= 0.3 is 5.97 Å². The van der Waals surface area contributed by atoms with Crippen molar-refractivity contribution < 1.29 is 9.90 Å². The van der Waals surface area contributed by atoms with Gasteiger partial charge in [-0.3, -0.25) is 4.79 Å². The van der Waals surface area contributed by atoms with Crippen molar-refractivity contribution >= 4 is 11.7 Å². The van der Waals surface area contributed by atoms with Crippen LogP contribution in [0.4, 0.5) is 5.69 Å². The zero-order valence-electron chi connectivity index (χ0n) is 12.1. The summed E-state index contributed by atoms with van der Waals surface area (Å²) in [7, 11) is 0. The fourth-order valence-corrected chi connectivity index (χ4v) is 2.92. The van der Waals surface area contributed by atoms with E-state index in [0.29, 0.717) is 0 Å². The van der Waals surface area contributed by atoms with Crippen molar-refractivity contribution in [1.29, 1.82) is 0 Å². The maximum Gasteiger partial charge on any atom is 0.307 e. The Morgan fingerprint density at radius 2 is 1.65 bits per heavy atom. The van der Waals surface area contributed by atoms with Gasteiger partial charge in [0, 0.05) is 12.2 Å². The molecule has 1 aromatic carbocycles. The molecule has 0 atom stereocenters. The highest BCUT2D eigenvalue weighted by atomic mass is 16.4. The Kier molecular flexibility index (Phi) is 5.90. The number of benzene rings is 1. The molecule has 0 bridgehead atoms. The van der Waals surface area contributed by atoms with E-state index in [2.05, 4.69) is 5.32 Å². The van der Waals surface area contributed by atoms with E-state index in [9.17, 15) is 4.79 Å². The van der Waals surface area contributed by atoms with Crippen LogP contribution < -0.4 is 5.32 Å². The summed E-state index contributed by atoms with van der Waals surface area (Å²) < 4.78 is 0. The minimum Gasteiger partial charge on any atom is -0.481 e. The van der Waals surface area contributed by atoms with Gasteiger partial charge in [-0.05, 0) is 36.5 Å². The normalized spacial score (nSPS) is 17.2. The lowest BCUT2D eigenvalue weighted by Gasteiger charge is -2.20. The molecule has 1 fully saturated rings. The number of rotatable bonds is 5. The van der Waals surface area contributed by atoms with Gasteiger partial charge < -0.3 is 10.4 Å². The molecule has 2 rings (SSSR count). The number of nitrogens with one attached hydrogen (secondary N) is 1. The molecule has 20 heavy (non-hydrogen) atoms. The molecule has 3 heteroatoms. The van der Waals surface area contributed by atoms with E-state index in [1.54, 1.807) is 0 Å². The third kappa shape index (κ3) is 5.24. The standard InChI is InChI=1S/C17H25NO2/c19-17(20)12-14-8-10-16(11-9-14)18-13-15-6-4-2-1-3-5-7-15/h8-11,15,18H,1-7,12-13H2,(H,19,20). The van der Waals surface area contributed by atoms with Crippen LogP contribution in [0.25, 0.3) is 0 Å². The summed E-state index contributed by atoms with van der Waals surface area (Å²) >= 11 is 0. The SMILES string of the molecule is O=C(O)Cc1ccc(NCC2CCCCCCC2)cc1. The van der Waals surface area contributed by atoms with Crippen molar-refractivity contribution in [3.8, 4) is 0 Å². The van der Waals surface area contributed by atoms with Gasteiger partial charge in [0.25, 0.3) is 0 Å². The maximum atomic E-state index is 10.6. The summed E-state index contributed by atoms with van der Waals surface area (Å²) in [6.45, 7) is 1.04. The second-order valence-electron chi connectivity index (χ2n) is 5.86. The molecule has 0 saturated heterocycles. The third-order valence-corrected chi connectivity index (χ3v) is 4.13. The molecule has 1 aromatic rings. The van der Waals surface area contributed by atoms with E-state index in [4.69, 9.17) is 5.11 Å². The van der Waals surface area contributed by atoms with Crippen LogP contribution in [-0.4, -0.2) is 17.6 Å². The summed E-state index contributed by atoms with van der Waals surface area (Å²) in [5.41, 5.74) is 1.95. The molecule has 3 nitrogen and oxygen atoms in total. The zero-order chi connectivity index (χ0) is 14.2. The van der Waals surface area contributed by atoms with Gasteiger partial charge in [0.2, 0.25) is 0 Å². The molecule has 1 aliphatic rings. The topological polar surface area (TPSA) is 49.3 Å². The van der Waals surface area contributed by atoms with Crippen molar-refractivity contribution in [3.05, 3.63) is 29.8 Å². The van der Waals surface area contributed by atoms with Gasteiger partial charge in [-0.1, -0.05) is 44.2 Å². The number of hydrogen-bond donors (Lipinski definition) is 2. The summed E-state index contributed by atoms with van der Waals surface area (Å²) in [6.07, 6.45) is 9.69. The van der Waals surface area contributed by atoms with E-state index in [-0.39, 0.29) is 6.42 Å². The van der Waals surface area contributed by atoms with Crippen LogP contribution in [0, 0.1) is 5.92 Å². The summed E-state index contributed by atoms with van der Waals surface area (Å²) in [5.74, 6) is 0.00854. The third-order valence-electron chi connectivity index (χ3n) is 4.13. The van der Waals surface area contributed by atoms with Crippen molar-refractivity contribution in [2.24, 2.45) is 5.92 Å². The maximum absolute atomic E-state index is 10.6.